The van der Waals surface area contributed by atoms with Crippen LogP contribution in [0.3, 0.4) is 0 Å². The first-order chi connectivity index (χ1) is 14.8. The lowest BCUT2D eigenvalue weighted by atomic mass is 10.1. The Hall–Kier alpha value is -2.74. The highest BCUT2D eigenvalue weighted by Gasteiger charge is 2.30. The number of hydrogen-bond donors (Lipinski definition) is 1. The van der Waals surface area contributed by atoms with Crippen LogP contribution in [0, 0.1) is 0 Å². The van der Waals surface area contributed by atoms with Crippen LogP contribution >= 0.6 is 0 Å². The van der Waals surface area contributed by atoms with Crippen LogP contribution < -0.4 is 14.8 Å². The van der Waals surface area contributed by atoms with Gasteiger partial charge in [0, 0.05) is 18.7 Å². The minimum absolute atomic E-state index is 0.0191. The summed E-state index contributed by atoms with van der Waals surface area (Å²) >= 11 is 0. The van der Waals surface area contributed by atoms with Crippen molar-refractivity contribution < 1.29 is 27.4 Å². The molecule has 1 atom stereocenters. The van der Waals surface area contributed by atoms with Gasteiger partial charge in [-0.3, -0.25) is 4.79 Å². The number of nitrogens with zero attached hydrogens (tertiary/aromatic N) is 1. The largest absolute Gasteiger partial charge is 0.486 e. The molecule has 0 aromatic heterocycles. The van der Waals surface area contributed by atoms with Crippen molar-refractivity contribution in [3.63, 3.8) is 0 Å². The third-order valence-corrected chi connectivity index (χ3v) is 5.02. The van der Waals surface area contributed by atoms with Gasteiger partial charge < -0.3 is 19.7 Å². The zero-order valence-electron chi connectivity index (χ0n) is 17.5. The van der Waals surface area contributed by atoms with E-state index in [4.69, 9.17) is 9.47 Å². The molecule has 0 spiro atoms. The van der Waals surface area contributed by atoms with Gasteiger partial charge in [0.25, 0.3) is 0 Å². The van der Waals surface area contributed by atoms with Gasteiger partial charge in [0.15, 0.2) is 11.5 Å². The molecule has 0 saturated carbocycles. The lowest BCUT2D eigenvalue weighted by Crippen LogP contribution is -2.39. The summed E-state index contributed by atoms with van der Waals surface area (Å²) in [4.78, 5) is 14.2. The molecule has 0 bridgehead atoms. The van der Waals surface area contributed by atoms with E-state index in [9.17, 15) is 18.0 Å². The average Bonchev–Trinajstić information content (AvgIpc) is 2.73. The Morgan fingerprint density at radius 1 is 1.06 bits per heavy atom. The Bertz CT molecular complexity index is 856. The minimum Gasteiger partial charge on any atom is -0.486 e. The van der Waals surface area contributed by atoms with E-state index in [1.165, 1.54) is 12.1 Å². The number of ether oxygens (including phenoxy) is 2. The summed E-state index contributed by atoms with van der Waals surface area (Å²) in [6, 6.07) is 12.1. The summed E-state index contributed by atoms with van der Waals surface area (Å²) < 4.78 is 49.4. The van der Waals surface area contributed by atoms with Crippen molar-refractivity contribution in [1.29, 1.82) is 0 Å². The molecule has 0 radical (unpaired) electrons. The molecule has 3 rings (SSSR count). The van der Waals surface area contributed by atoms with Crippen LogP contribution in [0.5, 0.6) is 11.5 Å². The lowest BCUT2D eigenvalue weighted by molar-refractivity contribution is -0.137. The van der Waals surface area contributed by atoms with Crippen molar-refractivity contribution in [2.75, 3.05) is 32.1 Å². The predicted octanol–water partition coefficient (Wildman–Crippen LogP) is 4.98. The normalized spacial score (nSPS) is 15.7. The molecule has 5 nitrogen and oxygen atoms in total. The van der Waals surface area contributed by atoms with Crippen molar-refractivity contribution in [1.82, 2.24) is 4.90 Å². The summed E-state index contributed by atoms with van der Waals surface area (Å²) in [5, 5.41) is 2.64. The number of hydrogen-bond acceptors (Lipinski definition) is 4. The Balaban J connectivity index is 1.28. The Kier molecular flexibility index (Phi) is 7.79. The van der Waals surface area contributed by atoms with Gasteiger partial charge in [-0.15, -0.1) is 0 Å². The highest BCUT2D eigenvalue weighted by molar-refractivity contribution is 5.90. The number of benzene rings is 2. The van der Waals surface area contributed by atoms with Crippen LogP contribution in [-0.2, 0) is 11.0 Å². The van der Waals surface area contributed by atoms with Gasteiger partial charge in [0.1, 0.15) is 12.7 Å². The molecule has 31 heavy (non-hydrogen) atoms. The number of amides is 1. The molecule has 1 aliphatic rings. The molecular formula is C23H27F3N2O3. The number of likely N-dealkylation sites (N-methyl/N-ethyl adjacent to an activating group) is 1. The molecule has 1 heterocycles. The number of rotatable bonds is 9. The average molecular weight is 436 g/mol. The zero-order chi connectivity index (χ0) is 22.3. The van der Waals surface area contributed by atoms with E-state index in [1.807, 2.05) is 31.3 Å². The molecule has 1 N–H and O–H groups in total. The molecular weight excluding hydrogens is 409 g/mol. The number of para-hydroxylation sites is 2. The van der Waals surface area contributed by atoms with Crippen LogP contribution in [-0.4, -0.2) is 43.7 Å². The van der Waals surface area contributed by atoms with Gasteiger partial charge in [-0.2, -0.15) is 13.2 Å². The summed E-state index contributed by atoms with van der Waals surface area (Å²) in [5.74, 6) is 1.35. The van der Waals surface area contributed by atoms with Gasteiger partial charge in [-0.1, -0.05) is 18.6 Å². The number of carbonyl (C=O) groups is 1. The van der Waals surface area contributed by atoms with Crippen molar-refractivity contribution in [3.8, 4) is 11.5 Å². The second-order valence-corrected chi connectivity index (χ2v) is 7.69. The van der Waals surface area contributed by atoms with E-state index in [2.05, 4.69) is 10.2 Å². The van der Waals surface area contributed by atoms with Crippen LogP contribution in [0.2, 0.25) is 0 Å². The molecule has 8 heteroatoms. The summed E-state index contributed by atoms with van der Waals surface area (Å²) in [6.07, 6.45) is -1.52. The quantitative estimate of drug-likeness (QED) is 0.564. The maximum absolute atomic E-state index is 12.6. The van der Waals surface area contributed by atoms with E-state index in [-0.39, 0.29) is 12.0 Å². The van der Waals surface area contributed by atoms with Crippen LogP contribution in [0.1, 0.15) is 31.2 Å². The number of fused-ring (bicyclic) bond motifs is 1. The fourth-order valence-electron chi connectivity index (χ4n) is 3.40. The van der Waals surface area contributed by atoms with Crippen LogP contribution in [0.4, 0.5) is 18.9 Å². The Labute approximate surface area is 180 Å². The van der Waals surface area contributed by atoms with Gasteiger partial charge >= 0.3 is 6.18 Å². The van der Waals surface area contributed by atoms with Gasteiger partial charge in [-0.25, -0.2) is 0 Å². The molecule has 2 aromatic carbocycles. The fourth-order valence-corrected chi connectivity index (χ4v) is 3.40. The second-order valence-electron chi connectivity index (χ2n) is 7.69. The standard InChI is InChI=1S/C23H27F3N2O3/c1-28(15-19-16-30-20-7-4-5-8-21(20)31-19)14-6-2-3-9-22(29)27-18-12-10-17(11-13-18)23(24,25)26/h4-5,7-8,10-13,19H,2-3,6,9,14-16H2,1H3,(H,27,29). The summed E-state index contributed by atoms with van der Waals surface area (Å²) in [6.45, 7) is 2.15. The molecule has 0 saturated heterocycles. The molecule has 0 fully saturated rings. The predicted molar refractivity (Wildman–Crippen MR) is 112 cm³/mol. The molecule has 168 valence electrons. The number of halogens is 3. The van der Waals surface area contributed by atoms with Gasteiger partial charge in [0.2, 0.25) is 5.91 Å². The molecule has 1 unspecified atom stereocenters. The van der Waals surface area contributed by atoms with Crippen LogP contribution in [0.25, 0.3) is 0 Å². The smallest absolute Gasteiger partial charge is 0.416 e. The lowest BCUT2D eigenvalue weighted by Gasteiger charge is -2.29. The van der Waals surface area contributed by atoms with E-state index in [0.29, 0.717) is 18.7 Å². The van der Waals surface area contributed by atoms with E-state index in [1.54, 1.807) is 0 Å². The second kappa shape index (κ2) is 10.5. The van der Waals surface area contributed by atoms with E-state index < -0.39 is 11.7 Å². The third-order valence-electron chi connectivity index (χ3n) is 5.02. The van der Waals surface area contributed by atoms with Crippen LogP contribution in [0.15, 0.2) is 48.5 Å². The van der Waals surface area contributed by atoms with Crippen molar-refractivity contribution in [2.45, 2.75) is 38.0 Å². The van der Waals surface area contributed by atoms with E-state index >= 15 is 0 Å². The number of unbranched alkanes of at least 4 members (excludes halogenated alkanes) is 2. The molecule has 0 aliphatic carbocycles. The number of anilines is 1. The third kappa shape index (κ3) is 7.17. The number of nitrogens with one attached hydrogen (secondary N) is 1. The highest BCUT2D eigenvalue weighted by atomic mass is 19.4. The van der Waals surface area contributed by atoms with Gasteiger partial charge in [-0.05, 0) is 62.8 Å². The SMILES string of the molecule is CN(CCCCCC(=O)Nc1ccc(C(F)(F)F)cc1)CC1COc2ccccc2O1. The number of alkyl halides is 3. The fraction of sp³-hybridized carbons (Fsp3) is 0.435. The Morgan fingerprint density at radius 3 is 2.48 bits per heavy atom. The molecule has 1 amide bonds. The molecule has 2 aromatic rings. The van der Waals surface area contributed by atoms with Crippen molar-refractivity contribution in [2.24, 2.45) is 0 Å². The summed E-state index contributed by atoms with van der Waals surface area (Å²) in [5.41, 5.74) is -0.363. The Morgan fingerprint density at radius 2 is 1.77 bits per heavy atom. The first-order valence-electron chi connectivity index (χ1n) is 10.4. The van der Waals surface area contributed by atoms with Crippen molar-refractivity contribution >= 4 is 11.6 Å². The molecule has 1 aliphatic heterocycles. The highest BCUT2D eigenvalue weighted by Crippen LogP contribution is 2.31. The topological polar surface area (TPSA) is 50.8 Å². The first kappa shape index (κ1) is 22.9. The first-order valence-corrected chi connectivity index (χ1v) is 10.4. The zero-order valence-corrected chi connectivity index (χ0v) is 17.5. The minimum atomic E-state index is -4.38. The van der Waals surface area contributed by atoms with Crippen molar-refractivity contribution in [3.05, 3.63) is 54.1 Å². The maximum Gasteiger partial charge on any atom is 0.416 e. The number of carbonyl (C=O) groups excluding carboxylic acids is 1. The summed E-state index contributed by atoms with van der Waals surface area (Å²) in [7, 11) is 2.03. The monoisotopic (exact) mass is 436 g/mol. The maximum atomic E-state index is 12.6. The van der Waals surface area contributed by atoms with E-state index in [0.717, 1.165) is 56.0 Å². The van der Waals surface area contributed by atoms with Gasteiger partial charge in [0.05, 0.1) is 5.56 Å².